The van der Waals surface area contributed by atoms with Gasteiger partial charge in [-0.25, -0.2) is 4.98 Å². The van der Waals surface area contributed by atoms with E-state index in [4.69, 9.17) is 5.73 Å². The molecule has 0 saturated carbocycles. The van der Waals surface area contributed by atoms with E-state index in [0.717, 1.165) is 18.1 Å². The topological polar surface area (TPSA) is 80.0 Å². The Balaban J connectivity index is 2.46. The molecule has 0 atom stereocenters. The number of amides is 1. The third-order valence-electron chi connectivity index (χ3n) is 1.82. The van der Waals surface area contributed by atoms with Gasteiger partial charge in [0.05, 0.1) is 0 Å². The van der Waals surface area contributed by atoms with E-state index in [1.54, 1.807) is 6.20 Å². The molecule has 0 unspecified atom stereocenters. The van der Waals surface area contributed by atoms with Gasteiger partial charge in [0.1, 0.15) is 5.82 Å². The van der Waals surface area contributed by atoms with E-state index in [9.17, 15) is 4.79 Å². The first-order chi connectivity index (χ1) is 7.22. The molecule has 0 aliphatic carbocycles. The number of hydrogen-bond acceptors (Lipinski definition) is 4. The molecule has 4 N–H and O–H groups in total. The summed E-state index contributed by atoms with van der Waals surface area (Å²) in [6, 6.07) is 3.74. The van der Waals surface area contributed by atoms with Crippen LogP contribution in [0.1, 0.15) is 13.3 Å². The number of pyridine rings is 1. The minimum absolute atomic E-state index is 0.302. The van der Waals surface area contributed by atoms with Gasteiger partial charge in [-0.2, -0.15) is 0 Å². The minimum Gasteiger partial charge on any atom is -0.384 e. The number of nitrogens with one attached hydrogen (secondary N) is 2. The first-order valence-corrected chi connectivity index (χ1v) is 4.94. The molecule has 5 heteroatoms. The number of anilines is 2. The van der Waals surface area contributed by atoms with E-state index >= 15 is 0 Å². The molecule has 1 heterocycles. The molecule has 1 aromatic rings. The molecule has 0 aromatic carbocycles. The van der Waals surface area contributed by atoms with Gasteiger partial charge in [-0.1, -0.05) is 0 Å². The van der Waals surface area contributed by atoms with Crippen molar-refractivity contribution >= 4 is 17.4 Å². The number of carbonyl (C=O) groups is 1. The lowest BCUT2D eigenvalue weighted by molar-refractivity contribution is -0.117. The third-order valence-corrected chi connectivity index (χ3v) is 1.82. The average molecular weight is 208 g/mol. The zero-order valence-corrected chi connectivity index (χ0v) is 8.79. The molecule has 0 aliphatic heterocycles. The van der Waals surface area contributed by atoms with Gasteiger partial charge >= 0.3 is 0 Å². The lowest BCUT2D eigenvalue weighted by atomic mass is 10.3. The molecule has 0 bridgehead atoms. The van der Waals surface area contributed by atoms with Gasteiger partial charge in [-0.05, 0) is 13.0 Å². The summed E-state index contributed by atoms with van der Waals surface area (Å²) in [5.41, 5.74) is 5.96. The number of hydrogen-bond donors (Lipinski definition) is 3. The lowest BCUT2D eigenvalue weighted by Gasteiger charge is -2.07. The Morgan fingerprint density at radius 2 is 2.33 bits per heavy atom. The number of carbonyl (C=O) groups excluding carboxylic acids is 1. The van der Waals surface area contributed by atoms with Crippen LogP contribution in [0.2, 0.25) is 0 Å². The standard InChI is InChI=1S/C10H16N4O/c1-2-12-10-7-8(3-5-14-10)13-6-4-9(11)15/h3,5,7H,2,4,6H2,1H3,(H2,11,15)(H2,12,13,14). The Hall–Kier alpha value is -1.78. The highest BCUT2D eigenvalue weighted by Gasteiger charge is 1.97. The van der Waals surface area contributed by atoms with Crippen LogP contribution in [0.15, 0.2) is 18.3 Å². The Kier molecular flexibility index (Phi) is 4.40. The van der Waals surface area contributed by atoms with Crippen molar-refractivity contribution in [3.8, 4) is 0 Å². The zero-order valence-electron chi connectivity index (χ0n) is 8.79. The van der Waals surface area contributed by atoms with E-state index in [0.29, 0.717) is 13.0 Å². The van der Waals surface area contributed by atoms with E-state index in [1.165, 1.54) is 0 Å². The zero-order chi connectivity index (χ0) is 11.1. The van der Waals surface area contributed by atoms with Gasteiger partial charge in [0, 0.05) is 37.5 Å². The number of aromatic nitrogens is 1. The van der Waals surface area contributed by atoms with Crippen LogP contribution in [0.25, 0.3) is 0 Å². The minimum atomic E-state index is -0.302. The Morgan fingerprint density at radius 1 is 1.53 bits per heavy atom. The Labute approximate surface area is 89.1 Å². The highest BCUT2D eigenvalue weighted by Crippen LogP contribution is 2.11. The van der Waals surface area contributed by atoms with Gasteiger partial charge in [-0.3, -0.25) is 4.79 Å². The predicted octanol–water partition coefficient (Wildman–Crippen LogP) is 0.801. The number of nitrogens with zero attached hydrogens (tertiary/aromatic N) is 1. The van der Waals surface area contributed by atoms with Crippen LogP contribution in [0.4, 0.5) is 11.5 Å². The molecule has 0 fully saturated rings. The maximum absolute atomic E-state index is 10.5. The van der Waals surface area contributed by atoms with Crippen molar-refractivity contribution in [1.82, 2.24) is 4.98 Å². The third kappa shape index (κ3) is 4.30. The van der Waals surface area contributed by atoms with Crippen LogP contribution < -0.4 is 16.4 Å². The summed E-state index contributed by atoms with van der Waals surface area (Å²) in [5, 5.41) is 6.20. The lowest BCUT2D eigenvalue weighted by Crippen LogP contribution is -2.15. The van der Waals surface area contributed by atoms with Crippen molar-refractivity contribution in [2.24, 2.45) is 5.73 Å². The van der Waals surface area contributed by atoms with Gasteiger partial charge in [0.2, 0.25) is 5.91 Å². The second-order valence-electron chi connectivity index (χ2n) is 3.10. The molecular weight excluding hydrogens is 192 g/mol. The van der Waals surface area contributed by atoms with Gasteiger partial charge in [0.25, 0.3) is 0 Å². The SMILES string of the molecule is CCNc1cc(NCCC(N)=O)ccn1. The summed E-state index contributed by atoms with van der Waals surface area (Å²) < 4.78 is 0. The first kappa shape index (κ1) is 11.3. The fourth-order valence-electron chi connectivity index (χ4n) is 1.15. The fourth-order valence-corrected chi connectivity index (χ4v) is 1.15. The molecule has 0 radical (unpaired) electrons. The molecular formula is C10H16N4O. The molecule has 1 amide bonds. The molecule has 15 heavy (non-hydrogen) atoms. The van der Waals surface area contributed by atoms with E-state index < -0.39 is 0 Å². The molecule has 1 aromatic heterocycles. The van der Waals surface area contributed by atoms with Crippen molar-refractivity contribution < 1.29 is 4.79 Å². The fraction of sp³-hybridized carbons (Fsp3) is 0.400. The summed E-state index contributed by atoms with van der Waals surface area (Å²) >= 11 is 0. The molecule has 5 nitrogen and oxygen atoms in total. The number of nitrogens with two attached hydrogens (primary N) is 1. The van der Waals surface area contributed by atoms with E-state index in [2.05, 4.69) is 15.6 Å². The van der Waals surface area contributed by atoms with Gasteiger partial charge < -0.3 is 16.4 Å². The second-order valence-corrected chi connectivity index (χ2v) is 3.10. The van der Waals surface area contributed by atoms with Crippen molar-refractivity contribution in [2.45, 2.75) is 13.3 Å². The average Bonchev–Trinajstić information content (AvgIpc) is 2.18. The van der Waals surface area contributed by atoms with Crippen LogP contribution in [0.5, 0.6) is 0 Å². The molecule has 1 rings (SSSR count). The van der Waals surface area contributed by atoms with Gasteiger partial charge in [-0.15, -0.1) is 0 Å². The second kappa shape index (κ2) is 5.85. The monoisotopic (exact) mass is 208 g/mol. The number of rotatable bonds is 6. The Morgan fingerprint density at radius 3 is 3.00 bits per heavy atom. The van der Waals surface area contributed by atoms with Gasteiger partial charge in [0.15, 0.2) is 0 Å². The van der Waals surface area contributed by atoms with E-state index in [-0.39, 0.29) is 5.91 Å². The van der Waals surface area contributed by atoms with Crippen LogP contribution in [-0.2, 0) is 4.79 Å². The summed E-state index contributed by atoms with van der Waals surface area (Å²) in [6.45, 7) is 3.39. The highest BCUT2D eigenvalue weighted by atomic mass is 16.1. The largest absolute Gasteiger partial charge is 0.384 e. The van der Waals surface area contributed by atoms with Crippen molar-refractivity contribution in [3.63, 3.8) is 0 Å². The summed E-state index contributed by atoms with van der Waals surface area (Å²) in [7, 11) is 0. The van der Waals surface area contributed by atoms with Crippen LogP contribution in [0, 0.1) is 0 Å². The molecule has 82 valence electrons. The Bertz CT molecular complexity index is 327. The van der Waals surface area contributed by atoms with Crippen LogP contribution >= 0.6 is 0 Å². The summed E-state index contributed by atoms with van der Waals surface area (Å²) in [6.07, 6.45) is 2.05. The summed E-state index contributed by atoms with van der Waals surface area (Å²) in [5.74, 6) is 0.519. The van der Waals surface area contributed by atoms with Crippen molar-refractivity contribution in [1.29, 1.82) is 0 Å². The maximum atomic E-state index is 10.5. The van der Waals surface area contributed by atoms with Crippen LogP contribution in [-0.4, -0.2) is 24.0 Å². The highest BCUT2D eigenvalue weighted by molar-refractivity contribution is 5.74. The maximum Gasteiger partial charge on any atom is 0.219 e. The van der Waals surface area contributed by atoms with Crippen molar-refractivity contribution in [2.75, 3.05) is 23.7 Å². The molecule has 0 spiro atoms. The van der Waals surface area contributed by atoms with Crippen molar-refractivity contribution in [3.05, 3.63) is 18.3 Å². The smallest absolute Gasteiger partial charge is 0.219 e. The molecule has 0 saturated heterocycles. The molecule has 0 aliphatic rings. The van der Waals surface area contributed by atoms with Crippen LogP contribution in [0.3, 0.4) is 0 Å². The van der Waals surface area contributed by atoms with E-state index in [1.807, 2.05) is 19.1 Å². The normalized spacial score (nSPS) is 9.67. The summed E-state index contributed by atoms with van der Waals surface area (Å²) in [4.78, 5) is 14.6. The first-order valence-electron chi connectivity index (χ1n) is 4.94. The quantitative estimate of drug-likeness (QED) is 0.646. The predicted molar refractivity (Wildman–Crippen MR) is 60.7 cm³/mol. The number of primary amides is 1.